The van der Waals surface area contributed by atoms with E-state index in [2.05, 4.69) is 0 Å². The van der Waals surface area contributed by atoms with E-state index in [-0.39, 0.29) is 17.9 Å². The first-order valence-electron chi connectivity index (χ1n) is 12.7. The zero-order chi connectivity index (χ0) is 27.2. The van der Waals surface area contributed by atoms with E-state index in [1.807, 2.05) is 75.3 Å². The number of carbonyl (C=O) groups excluding carboxylic acids is 1. The third kappa shape index (κ3) is 6.06. The molecular formula is C31H33FN4O2. The van der Waals surface area contributed by atoms with E-state index >= 15 is 0 Å². The fourth-order valence-corrected chi connectivity index (χ4v) is 4.47. The first-order valence-corrected chi connectivity index (χ1v) is 12.7. The van der Waals surface area contributed by atoms with Crippen molar-refractivity contribution in [3.63, 3.8) is 0 Å². The Hall–Kier alpha value is -4.10. The molecule has 1 atom stereocenters. The van der Waals surface area contributed by atoms with Crippen molar-refractivity contribution in [2.75, 3.05) is 27.2 Å². The first-order chi connectivity index (χ1) is 18.3. The Bertz CT molecular complexity index is 1490. The zero-order valence-electron chi connectivity index (χ0n) is 22.3. The molecule has 1 amide bonds. The second-order valence-corrected chi connectivity index (χ2v) is 9.59. The number of amides is 1. The first kappa shape index (κ1) is 26.9. The molecule has 0 aliphatic heterocycles. The number of likely N-dealkylation sites (N-methyl/N-ethyl adjacent to an activating group) is 1. The summed E-state index contributed by atoms with van der Waals surface area (Å²) in [6.45, 7) is 4.95. The van der Waals surface area contributed by atoms with Gasteiger partial charge in [-0.1, -0.05) is 48.6 Å². The van der Waals surface area contributed by atoms with Gasteiger partial charge in [-0.25, -0.2) is 9.37 Å². The van der Waals surface area contributed by atoms with E-state index in [4.69, 9.17) is 4.98 Å². The van der Waals surface area contributed by atoms with Crippen molar-refractivity contribution in [3.05, 3.63) is 112 Å². The average molecular weight is 513 g/mol. The number of hydrogen-bond donors (Lipinski definition) is 0. The van der Waals surface area contributed by atoms with Crippen LogP contribution in [0.2, 0.25) is 0 Å². The lowest BCUT2D eigenvalue weighted by atomic mass is 10.1. The third-order valence-corrected chi connectivity index (χ3v) is 6.53. The van der Waals surface area contributed by atoms with Crippen molar-refractivity contribution in [2.45, 2.75) is 26.3 Å². The van der Waals surface area contributed by atoms with Crippen LogP contribution in [0.4, 0.5) is 4.39 Å². The number of fused-ring (bicyclic) bond motifs is 1. The summed E-state index contributed by atoms with van der Waals surface area (Å²) in [5, 5.41) is 0.458. The molecule has 0 N–H and O–H groups in total. The molecule has 4 aromatic rings. The predicted molar refractivity (Wildman–Crippen MR) is 151 cm³/mol. The van der Waals surface area contributed by atoms with Crippen molar-refractivity contribution >= 4 is 22.9 Å². The number of allylic oxidation sites excluding steroid dienone is 1. The van der Waals surface area contributed by atoms with Gasteiger partial charge in [-0.3, -0.25) is 14.2 Å². The van der Waals surface area contributed by atoms with E-state index < -0.39 is 11.9 Å². The zero-order valence-corrected chi connectivity index (χ0v) is 22.3. The van der Waals surface area contributed by atoms with Gasteiger partial charge in [0.15, 0.2) is 0 Å². The summed E-state index contributed by atoms with van der Waals surface area (Å²) < 4.78 is 15.2. The molecule has 3 aromatic carbocycles. The quantitative estimate of drug-likeness (QED) is 0.307. The van der Waals surface area contributed by atoms with Gasteiger partial charge in [-0.2, -0.15) is 0 Å². The minimum Gasteiger partial charge on any atom is -0.331 e. The van der Waals surface area contributed by atoms with Crippen LogP contribution in [-0.2, 0) is 11.2 Å². The van der Waals surface area contributed by atoms with Gasteiger partial charge in [0, 0.05) is 13.1 Å². The molecule has 4 rings (SSSR count). The van der Waals surface area contributed by atoms with Crippen LogP contribution >= 0.6 is 0 Å². The van der Waals surface area contributed by atoms with E-state index in [0.29, 0.717) is 35.5 Å². The Morgan fingerprint density at radius 3 is 2.34 bits per heavy atom. The fourth-order valence-electron chi connectivity index (χ4n) is 4.47. The molecule has 1 unspecified atom stereocenters. The maximum Gasteiger partial charge on any atom is 0.266 e. The molecule has 38 heavy (non-hydrogen) atoms. The summed E-state index contributed by atoms with van der Waals surface area (Å²) in [5.74, 6) is -0.0320. The number of aromatic nitrogens is 2. The van der Waals surface area contributed by atoms with Gasteiger partial charge in [0.05, 0.1) is 29.1 Å². The molecule has 0 radical (unpaired) electrons. The predicted octanol–water partition coefficient (Wildman–Crippen LogP) is 5.25. The maximum atomic E-state index is 13.7. The Balaban J connectivity index is 1.78. The van der Waals surface area contributed by atoms with Gasteiger partial charge >= 0.3 is 0 Å². The van der Waals surface area contributed by atoms with Crippen molar-refractivity contribution in [1.82, 2.24) is 19.4 Å². The molecule has 1 heterocycles. The number of halogens is 1. The molecule has 0 saturated heterocycles. The maximum absolute atomic E-state index is 13.7. The molecule has 6 nitrogen and oxygen atoms in total. The minimum atomic E-state index is -0.521. The second kappa shape index (κ2) is 12.0. The van der Waals surface area contributed by atoms with Crippen molar-refractivity contribution < 1.29 is 9.18 Å². The van der Waals surface area contributed by atoms with Gasteiger partial charge in [0.1, 0.15) is 11.6 Å². The van der Waals surface area contributed by atoms with Gasteiger partial charge < -0.3 is 9.80 Å². The van der Waals surface area contributed by atoms with Gasteiger partial charge in [-0.15, -0.1) is 0 Å². The minimum absolute atomic E-state index is 0.0637. The summed E-state index contributed by atoms with van der Waals surface area (Å²) in [7, 11) is 3.91. The van der Waals surface area contributed by atoms with Gasteiger partial charge in [0.25, 0.3) is 5.56 Å². The van der Waals surface area contributed by atoms with Crippen molar-refractivity contribution in [1.29, 1.82) is 0 Å². The lowest BCUT2D eigenvalue weighted by molar-refractivity contribution is -0.133. The number of carbonyl (C=O) groups is 1. The van der Waals surface area contributed by atoms with Crippen molar-refractivity contribution in [2.24, 2.45) is 0 Å². The highest BCUT2D eigenvalue weighted by molar-refractivity contribution is 5.80. The summed E-state index contributed by atoms with van der Waals surface area (Å²) in [5.41, 5.74) is 2.77. The average Bonchev–Trinajstić information content (AvgIpc) is 2.90. The standard InChI is InChI=1S/C31H33FN4O2/c1-5-8-23-11-13-24(14-12-23)21-29(37)35(20-19-34(3)4)22(2)30-33-28-10-7-6-9-27(28)31(38)36(30)26-17-15-25(32)16-18-26/h5-18,22H,19-21H2,1-4H3. The molecule has 0 aliphatic rings. The number of rotatable bonds is 9. The molecule has 0 saturated carbocycles. The van der Waals surface area contributed by atoms with Crippen LogP contribution in [0.3, 0.4) is 0 Å². The van der Waals surface area contributed by atoms with Crippen LogP contribution in [0.5, 0.6) is 0 Å². The molecule has 0 spiro atoms. The molecular weight excluding hydrogens is 479 g/mol. The summed E-state index contributed by atoms with van der Waals surface area (Å²) in [6.07, 6.45) is 4.21. The number of benzene rings is 3. The van der Waals surface area contributed by atoms with Crippen LogP contribution in [-0.4, -0.2) is 52.4 Å². The Morgan fingerprint density at radius 1 is 1.00 bits per heavy atom. The highest BCUT2D eigenvalue weighted by Gasteiger charge is 2.27. The molecule has 7 heteroatoms. The Morgan fingerprint density at radius 2 is 1.68 bits per heavy atom. The lowest BCUT2D eigenvalue weighted by Gasteiger charge is -2.31. The molecule has 196 valence electrons. The van der Waals surface area contributed by atoms with E-state index in [1.165, 1.54) is 16.7 Å². The van der Waals surface area contributed by atoms with Crippen LogP contribution < -0.4 is 5.56 Å². The number of nitrogens with zero attached hydrogens (tertiary/aromatic N) is 4. The highest BCUT2D eigenvalue weighted by Crippen LogP contribution is 2.24. The molecule has 0 bridgehead atoms. The van der Waals surface area contributed by atoms with Gasteiger partial charge in [-0.05, 0) is 75.5 Å². The lowest BCUT2D eigenvalue weighted by Crippen LogP contribution is -2.41. The largest absolute Gasteiger partial charge is 0.331 e. The van der Waals surface area contributed by atoms with E-state index in [9.17, 15) is 14.0 Å². The van der Waals surface area contributed by atoms with E-state index in [0.717, 1.165) is 11.1 Å². The van der Waals surface area contributed by atoms with E-state index in [1.54, 1.807) is 35.2 Å². The monoisotopic (exact) mass is 512 g/mol. The fraction of sp³-hybridized carbons (Fsp3) is 0.258. The Labute approximate surface area is 222 Å². The van der Waals surface area contributed by atoms with Crippen LogP contribution in [0.25, 0.3) is 22.7 Å². The third-order valence-electron chi connectivity index (χ3n) is 6.53. The van der Waals surface area contributed by atoms with Crippen LogP contribution in [0.1, 0.15) is 36.8 Å². The highest BCUT2D eigenvalue weighted by atomic mass is 19.1. The molecule has 1 aromatic heterocycles. The normalized spacial score (nSPS) is 12.4. The van der Waals surface area contributed by atoms with Crippen molar-refractivity contribution in [3.8, 4) is 5.69 Å². The van der Waals surface area contributed by atoms with Crippen LogP contribution in [0.15, 0.2) is 83.7 Å². The second-order valence-electron chi connectivity index (χ2n) is 9.59. The SMILES string of the molecule is CC=Cc1ccc(CC(=O)N(CCN(C)C)C(C)c2nc3ccccc3c(=O)n2-c2ccc(F)cc2)cc1. The smallest absolute Gasteiger partial charge is 0.266 e. The molecule has 0 aliphatic carbocycles. The summed E-state index contributed by atoms with van der Waals surface area (Å²) in [6, 6.07) is 20.3. The number of para-hydroxylation sites is 1. The number of hydrogen-bond acceptors (Lipinski definition) is 4. The topological polar surface area (TPSA) is 58.4 Å². The van der Waals surface area contributed by atoms with Crippen LogP contribution in [0, 0.1) is 5.82 Å². The van der Waals surface area contributed by atoms with Gasteiger partial charge in [0.2, 0.25) is 5.91 Å². The Kier molecular flexibility index (Phi) is 8.48. The summed E-state index contributed by atoms with van der Waals surface area (Å²) in [4.78, 5) is 36.1. The summed E-state index contributed by atoms with van der Waals surface area (Å²) >= 11 is 0. The molecule has 0 fully saturated rings.